The highest BCUT2D eigenvalue weighted by atomic mass is 19.1. The Kier molecular flexibility index (Phi) is 4.81. The third-order valence-electron chi connectivity index (χ3n) is 2.06. The summed E-state index contributed by atoms with van der Waals surface area (Å²) in [5.74, 6) is 2.71. The summed E-state index contributed by atoms with van der Waals surface area (Å²) >= 11 is 0. The molecular weight excluding hydrogens is 241 g/mol. The molecule has 0 aliphatic heterocycles. The highest BCUT2D eigenvalue weighted by Crippen LogP contribution is 2.05. The minimum absolute atomic E-state index is 0.394. The zero-order chi connectivity index (χ0) is 13.5. The van der Waals surface area contributed by atoms with Crippen molar-refractivity contribution in [2.75, 3.05) is 6.54 Å². The van der Waals surface area contributed by atoms with E-state index in [2.05, 4.69) is 11.8 Å². The fourth-order valence-corrected chi connectivity index (χ4v) is 1.27. The van der Waals surface area contributed by atoms with Crippen LogP contribution < -0.4 is 0 Å². The van der Waals surface area contributed by atoms with Crippen LogP contribution in [0.2, 0.25) is 0 Å². The van der Waals surface area contributed by atoms with Crippen molar-refractivity contribution < 1.29 is 19.2 Å². The number of carboxylic acids is 1. The third-order valence-corrected chi connectivity index (χ3v) is 2.06. The summed E-state index contributed by atoms with van der Waals surface area (Å²) in [6.45, 7) is -0.527. The number of hydrogen-bond donors (Lipinski definition) is 1. The van der Waals surface area contributed by atoms with Crippen molar-refractivity contribution in [3.63, 3.8) is 0 Å². The molecule has 18 heavy (non-hydrogen) atoms. The van der Waals surface area contributed by atoms with Crippen LogP contribution in [0.3, 0.4) is 0 Å². The van der Waals surface area contributed by atoms with Crippen LogP contribution in [-0.4, -0.2) is 22.5 Å². The van der Waals surface area contributed by atoms with E-state index in [-0.39, 0.29) is 0 Å². The zero-order valence-electron chi connectivity index (χ0n) is 9.30. The molecule has 1 atom stereocenters. The summed E-state index contributed by atoms with van der Waals surface area (Å²) < 4.78 is 12.6. The van der Waals surface area contributed by atoms with E-state index in [1.165, 1.54) is 24.3 Å². The lowest BCUT2D eigenvalue weighted by molar-refractivity contribution is -0.485. The molecule has 1 aromatic carbocycles. The molecule has 0 bridgehead atoms. The van der Waals surface area contributed by atoms with Gasteiger partial charge in [-0.2, -0.15) is 0 Å². The average molecular weight is 251 g/mol. The van der Waals surface area contributed by atoms with Crippen molar-refractivity contribution in [1.29, 1.82) is 0 Å². The van der Waals surface area contributed by atoms with Gasteiger partial charge < -0.3 is 5.11 Å². The molecule has 0 aromatic heterocycles. The Morgan fingerprint density at radius 2 is 2.06 bits per heavy atom. The van der Waals surface area contributed by atoms with Gasteiger partial charge in [-0.3, -0.25) is 14.9 Å². The highest BCUT2D eigenvalue weighted by Gasteiger charge is 2.16. The van der Waals surface area contributed by atoms with E-state index < -0.39 is 35.6 Å². The van der Waals surface area contributed by atoms with Gasteiger partial charge in [0.1, 0.15) is 5.82 Å². The molecule has 0 spiro atoms. The largest absolute Gasteiger partial charge is 0.481 e. The molecule has 1 aromatic rings. The van der Waals surface area contributed by atoms with Crippen molar-refractivity contribution >= 4 is 5.97 Å². The number of carboxylic acid groups (broad SMARTS) is 1. The number of carbonyl (C=O) groups is 1. The van der Waals surface area contributed by atoms with Gasteiger partial charge >= 0.3 is 5.97 Å². The molecular formula is C12H10FNO4. The second-order valence-corrected chi connectivity index (χ2v) is 3.59. The van der Waals surface area contributed by atoms with Gasteiger partial charge in [0.05, 0.1) is 12.3 Å². The van der Waals surface area contributed by atoms with Crippen LogP contribution in [0, 0.1) is 33.7 Å². The fraction of sp³-hybridized carbons (Fsp3) is 0.250. The van der Waals surface area contributed by atoms with Gasteiger partial charge in [0.15, 0.2) is 0 Å². The van der Waals surface area contributed by atoms with E-state index >= 15 is 0 Å². The molecule has 0 saturated heterocycles. The Morgan fingerprint density at radius 3 is 2.56 bits per heavy atom. The number of hydrogen-bond acceptors (Lipinski definition) is 3. The number of halogens is 1. The molecule has 0 heterocycles. The summed E-state index contributed by atoms with van der Waals surface area (Å²) in [7, 11) is 0. The molecule has 5 nitrogen and oxygen atoms in total. The minimum atomic E-state index is -1.14. The Morgan fingerprint density at radius 1 is 1.44 bits per heavy atom. The van der Waals surface area contributed by atoms with Crippen LogP contribution in [0.15, 0.2) is 24.3 Å². The topological polar surface area (TPSA) is 80.4 Å². The Balaban J connectivity index is 2.79. The summed E-state index contributed by atoms with van der Waals surface area (Å²) in [6.07, 6.45) is -0.394. The Bertz CT molecular complexity index is 485. The minimum Gasteiger partial charge on any atom is -0.481 e. The van der Waals surface area contributed by atoms with Gasteiger partial charge in [-0.25, -0.2) is 4.39 Å². The van der Waals surface area contributed by atoms with Gasteiger partial charge in [0, 0.05) is 10.5 Å². The maximum atomic E-state index is 12.6. The lowest BCUT2D eigenvalue weighted by atomic mass is 10.1. The number of nitro groups is 1. The van der Waals surface area contributed by atoms with Crippen molar-refractivity contribution in [3.05, 3.63) is 45.8 Å². The molecule has 6 heteroatoms. The maximum Gasteiger partial charge on any atom is 0.304 e. The predicted molar refractivity (Wildman–Crippen MR) is 60.9 cm³/mol. The monoisotopic (exact) mass is 251 g/mol. The number of rotatable bonds is 4. The molecule has 0 amide bonds. The van der Waals surface area contributed by atoms with Crippen LogP contribution in [0.5, 0.6) is 0 Å². The van der Waals surface area contributed by atoms with Crippen LogP contribution in [0.25, 0.3) is 0 Å². The van der Waals surface area contributed by atoms with Crippen molar-refractivity contribution in [3.8, 4) is 11.8 Å². The first-order valence-corrected chi connectivity index (χ1v) is 5.08. The van der Waals surface area contributed by atoms with Crippen LogP contribution in [0.4, 0.5) is 4.39 Å². The fourth-order valence-electron chi connectivity index (χ4n) is 1.27. The van der Waals surface area contributed by atoms with Crippen LogP contribution in [-0.2, 0) is 4.79 Å². The lowest BCUT2D eigenvalue weighted by Gasteiger charge is -2.01. The standard InChI is InChI=1S/C12H10FNO4/c13-11-5-3-9(4-6-11)1-2-10(7-12(15)16)8-14(17)18/h3-6,10H,7-8H2,(H,15,16)/t10-/m1/s1. The van der Waals surface area contributed by atoms with Gasteiger partial charge in [-0.1, -0.05) is 11.8 Å². The molecule has 1 rings (SSSR count). The van der Waals surface area contributed by atoms with E-state index in [9.17, 15) is 19.3 Å². The first-order chi connectivity index (χ1) is 8.47. The van der Waals surface area contributed by atoms with E-state index in [0.29, 0.717) is 5.56 Å². The predicted octanol–water partition coefficient (Wildman–Crippen LogP) is 1.54. The first-order valence-electron chi connectivity index (χ1n) is 5.08. The number of benzene rings is 1. The Hall–Kier alpha value is -2.42. The van der Waals surface area contributed by atoms with Crippen molar-refractivity contribution in [2.24, 2.45) is 5.92 Å². The Labute approximate surface area is 102 Å². The second-order valence-electron chi connectivity index (χ2n) is 3.59. The second kappa shape index (κ2) is 6.35. The summed E-state index contributed by atoms with van der Waals surface area (Å²) in [4.78, 5) is 20.2. The average Bonchev–Trinajstić information content (AvgIpc) is 2.26. The van der Waals surface area contributed by atoms with Gasteiger partial charge in [0.2, 0.25) is 6.54 Å². The molecule has 0 saturated carbocycles. The summed E-state index contributed by atoms with van der Waals surface area (Å²) in [6, 6.07) is 5.27. The summed E-state index contributed by atoms with van der Waals surface area (Å²) in [5, 5.41) is 18.9. The molecule has 0 aliphatic rings. The zero-order valence-corrected chi connectivity index (χ0v) is 9.30. The molecule has 1 N–H and O–H groups in total. The van der Waals surface area contributed by atoms with Crippen molar-refractivity contribution in [1.82, 2.24) is 0 Å². The normalized spacial score (nSPS) is 11.2. The van der Waals surface area contributed by atoms with Gasteiger partial charge in [-0.05, 0) is 24.3 Å². The van der Waals surface area contributed by atoms with Crippen LogP contribution >= 0.6 is 0 Å². The van der Waals surface area contributed by atoms with E-state index in [1.807, 2.05) is 0 Å². The quantitative estimate of drug-likeness (QED) is 0.500. The van der Waals surface area contributed by atoms with Gasteiger partial charge in [0.25, 0.3) is 0 Å². The van der Waals surface area contributed by atoms with E-state index in [4.69, 9.17) is 5.11 Å². The highest BCUT2D eigenvalue weighted by molar-refractivity contribution is 5.67. The van der Waals surface area contributed by atoms with Crippen LogP contribution in [0.1, 0.15) is 12.0 Å². The lowest BCUT2D eigenvalue weighted by Crippen LogP contribution is -2.16. The van der Waals surface area contributed by atoms with Crippen molar-refractivity contribution in [2.45, 2.75) is 6.42 Å². The first kappa shape index (κ1) is 13.6. The molecule has 0 radical (unpaired) electrons. The number of nitrogens with zero attached hydrogens (tertiary/aromatic N) is 1. The maximum absolute atomic E-state index is 12.6. The molecule has 0 fully saturated rings. The van der Waals surface area contributed by atoms with E-state index in [0.717, 1.165) is 0 Å². The molecule has 94 valence electrons. The number of aliphatic carboxylic acids is 1. The molecule has 0 unspecified atom stereocenters. The molecule has 0 aliphatic carbocycles. The smallest absolute Gasteiger partial charge is 0.304 e. The third kappa shape index (κ3) is 5.07. The van der Waals surface area contributed by atoms with E-state index in [1.54, 1.807) is 0 Å². The SMILES string of the molecule is O=C(O)C[C@@H](C#Cc1ccc(F)cc1)C[N+](=O)[O-]. The van der Waals surface area contributed by atoms with Gasteiger partial charge in [-0.15, -0.1) is 0 Å². The summed E-state index contributed by atoms with van der Waals surface area (Å²) in [5.41, 5.74) is 0.482.